The van der Waals surface area contributed by atoms with Crippen molar-refractivity contribution in [2.45, 2.75) is 13.5 Å². The van der Waals surface area contributed by atoms with Crippen molar-refractivity contribution < 1.29 is 0 Å². The number of hydrogen-bond acceptors (Lipinski definition) is 3. The summed E-state index contributed by atoms with van der Waals surface area (Å²) in [5.41, 5.74) is 9.13. The number of rotatable bonds is 4. The second kappa shape index (κ2) is 5.54. The lowest BCUT2D eigenvalue weighted by Gasteiger charge is -2.22. The van der Waals surface area contributed by atoms with Crippen LogP contribution in [0.5, 0.6) is 0 Å². The number of nitrogens with zero attached hydrogens (tertiary/aromatic N) is 3. The molecule has 1 aromatic carbocycles. The molecule has 1 aromatic heterocycles. The molecule has 3 N–H and O–H groups in total. The van der Waals surface area contributed by atoms with Crippen LogP contribution in [0.3, 0.4) is 0 Å². The lowest BCUT2D eigenvalue weighted by atomic mass is 10.1. The lowest BCUT2D eigenvalue weighted by molar-refractivity contribution is 0.757. The fourth-order valence-electron chi connectivity index (χ4n) is 2.21. The number of halogens is 1. The highest BCUT2D eigenvalue weighted by Crippen LogP contribution is 2.25. The molecule has 2 aromatic rings. The third-order valence-corrected chi connectivity index (χ3v) is 3.74. The number of nitrogen functional groups attached to an aromatic ring is 1. The van der Waals surface area contributed by atoms with Crippen LogP contribution in [0.4, 0.5) is 5.69 Å². The predicted octanol–water partition coefficient (Wildman–Crippen LogP) is 2.30. The fourth-order valence-corrected chi connectivity index (χ4v) is 2.44. The topological polar surface area (TPSA) is 70.9 Å². The van der Waals surface area contributed by atoms with Crippen LogP contribution >= 0.6 is 11.6 Å². The predicted molar refractivity (Wildman–Crippen MR) is 82.5 cm³/mol. The molecular formula is C14H18ClN5. The smallest absolute Gasteiger partial charge is 0.131 e. The Morgan fingerprint density at radius 3 is 2.65 bits per heavy atom. The number of nitrogens with one attached hydrogen (secondary N) is 1. The molecule has 0 amide bonds. The van der Waals surface area contributed by atoms with Crippen LogP contribution in [-0.4, -0.2) is 22.7 Å². The van der Waals surface area contributed by atoms with Gasteiger partial charge in [0, 0.05) is 37.5 Å². The third-order valence-electron chi connectivity index (χ3n) is 3.27. The van der Waals surface area contributed by atoms with Crippen LogP contribution in [0.25, 0.3) is 0 Å². The maximum Gasteiger partial charge on any atom is 0.131 e. The Labute approximate surface area is 123 Å². The van der Waals surface area contributed by atoms with Crippen molar-refractivity contribution in [3.63, 3.8) is 0 Å². The molecule has 0 saturated carbocycles. The van der Waals surface area contributed by atoms with Crippen LogP contribution in [0, 0.1) is 12.3 Å². The van der Waals surface area contributed by atoms with Gasteiger partial charge in [-0.05, 0) is 19.1 Å². The first kappa shape index (κ1) is 14.4. The number of aromatic nitrogens is 2. The minimum atomic E-state index is 0.0569. The van der Waals surface area contributed by atoms with E-state index < -0.39 is 0 Å². The Morgan fingerprint density at radius 2 is 2.10 bits per heavy atom. The van der Waals surface area contributed by atoms with Crippen LogP contribution in [0.15, 0.2) is 24.3 Å². The summed E-state index contributed by atoms with van der Waals surface area (Å²) in [7, 11) is 3.77. The summed E-state index contributed by atoms with van der Waals surface area (Å²) in [5.74, 6) is 0.0569. The van der Waals surface area contributed by atoms with Gasteiger partial charge in [-0.1, -0.05) is 23.7 Å². The summed E-state index contributed by atoms with van der Waals surface area (Å²) in [6.45, 7) is 2.55. The van der Waals surface area contributed by atoms with Gasteiger partial charge in [0.1, 0.15) is 11.0 Å². The second-order valence-electron chi connectivity index (χ2n) is 4.77. The Kier molecular flexibility index (Phi) is 3.99. The standard InChI is InChI=1S/C14H18ClN5/c1-9-11(13(15)20(3)18-9)8-19(2)12-7-5-4-6-10(12)14(16)17/h4-7H,8H2,1-3H3,(H3,16,17). The van der Waals surface area contributed by atoms with Crippen molar-refractivity contribution >= 4 is 23.1 Å². The average molecular weight is 292 g/mol. The Morgan fingerprint density at radius 1 is 1.45 bits per heavy atom. The molecule has 2 rings (SSSR count). The number of aryl methyl sites for hydroxylation is 2. The van der Waals surface area contributed by atoms with E-state index in [9.17, 15) is 0 Å². The Hall–Kier alpha value is -2.01. The summed E-state index contributed by atoms with van der Waals surface area (Å²) < 4.78 is 1.66. The number of hydrogen-bond donors (Lipinski definition) is 2. The van der Waals surface area contributed by atoms with Gasteiger partial charge in [-0.3, -0.25) is 10.1 Å². The molecule has 0 unspecified atom stereocenters. The Bertz CT molecular complexity index is 647. The van der Waals surface area contributed by atoms with E-state index in [-0.39, 0.29) is 5.84 Å². The third kappa shape index (κ3) is 2.63. The summed E-state index contributed by atoms with van der Waals surface area (Å²) in [6.07, 6.45) is 0. The molecule has 0 fully saturated rings. The highest BCUT2D eigenvalue weighted by molar-refractivity contribution is 6.30. The monoisotopic (exact) mass is 291 g/mol. The van der Waals surface area contributed by atoms with E-state index in [0.717, 1.165) is 16.9 Å². The molecule has 1 heterocycles. The van der Waals surface area contributed by atoms with Crippen LogP contribution < -0.4 is 10.6 Å². The van der Waals surface area contributed by atoms with Crippen molar-refractivity contribution in [3.05, 3.63) is 46.2 Å². The summed E-state index contributed by atoms with van der Waals surface area (Å²) in [6, 6.07) is 7.58. The van der Waals surface area contributed by atoms with Crippen molar-refractivity contribution in [3.8, 4) is 0 Å². The zero-order chi connectivity index (χ0) is 14.9. The highest BCUT2D eigenvalue weighted by Gasteiger charge is 2.15. The molecule has 0 aliphatic rings. The largest absolute Gasteiger partial charge is 0.384 e. The van der Waals surface area contributed by atoms with Gasteiger partial charge in [0.15, 0.2) is 0 Å². The zero-order valence-electron chi connectivity index (χ0n) is 11.8. The number of benzene rings is 1. The highest BCUT2D eigenvalue weighted by atomic mass is 35.5. The molecule has 0 radical (unpaired) electrons. The fraction of sp³-hybridized carbons (Fsp3) is 0.286. The quantitative estimate of drug-likeness (QED) is 0.671. The van der Waals surface area contributed by atoms with Gasteiger partial charge >= 0.3 is 0 Å². The second-order valence-corrected chi connectivity index (χ2v) is 5.12. The van der Waals surface area contributed by atoms with Gasteiger partial charge in [-0.2, -0.15) is 5.10 Å². The summed E-state index contributed by atoms with van der Waals surface area (Å²) in [5, 5.41) is 12.6. The van der Waals surface area contributed by atoms with E-state index in [2.05, 4.69) is 5.10 Å². The molecule has 20 heavy (non-hydrogen) atoms. The first-order valence-electron chi connectivity index (χ1n) is 6.24. The molecule has 0 spiro atoms. The van der Waals surface area contributed by atoms with E-state index in [0.29, 0.717) is 17.3 Å². The van der Waals surface area contributed by atoms with Crippen LogP contribution in [0.2, 0.25) is 5.15 Å². The molecule has 0 aliphatic heterocycles. The summed E-state index contributed by atoms with van der Waals surface area (Å²) >= 11 is 6.25. The molecule has 0 aliphatic carbocycles. The first-order valence-corrected chi connectivity index (χ1v) is 6.62. The number of para-hydroxylation sites is 1. The van der Waals surface area contributed by atoms with Gasteiger partial charge in [0.05, 0.1) is 5.69 Å². The van der Waals surface area contributed by atoms with E-state index in [1.165, 1.54) is 0 Å². The normalized spacial score (nSPS) is 10.6. The maximum atomic E-state index is 7.65. The molecule has 6 heteroatoms. The van der Waals surface area contributed by atoms with Crippen molar-refractivity contribution in [2.24, 2.45) is 12.8 Å². The van der Waals surface area contributed by atoms with E-state index in [4.69, 9.17) is 22.7 Å². The number of amidine groups is 1. The number of nitrogens with two attached hydrogens (primary N) is 1. The SMILES string of the molecule is Cc1nn(C)c(Cl)c1CN(C)c1ccccc1C(=N)N. The van der Waals surface area contributed by atoms with Gasteiger partial charge < -0.3 is 10.6 Å². The minimum absolute atomic E-state index is 0.0569. The molecule has 0 atom stereocenters. The Balaban J connectivity index is 2.33. The van der Waals surface area contributed by atoms with Crippen molar-refractivity contribution in [2.75, 3.05) is 11.9 Å². The van der Waals surface area contributed by atoms with Crippen molar-refractivity contribution in [1.82, 2.24) is 9.78 Å². The van der Waals surface area contributed by atoms with Crippen molar-refractivity contribution in [1.29, 1.82) is 5.41 Å². The van der Waals surface area contributed by atoms with Gasteiger partial charge in [-0.25, -0.2) is 0 Å². The van der Waals surface area contributed by atoms with Gasteiger partial charge in [-0.15, -0.1) is 0 Å². The van der Waals surface area contributed by atoms with E-state index in [1.54, 1.807) is 4.68 Å². The molecule has 106 valence electrons. The molecule has 0 saturated heterocycles. The minimum Gasteiger partial charge on any atom is -0.384 e. The zero-order valence-corrected chi connectivity index (χ0v) is 12.6. The number of anilines is 1. The molecule has 0 bridgehead atoms. The molecule has 5 nitrogen and oxygen atoms in total. The maximum absolute atomic E-state index is 7.65. The molecular weight excluding hydrogens is 274 g/mol. The van der Waals surface area contributed by atoms with Gasteiger partial charge in [0.2, 0.25) is 0 Å². The van der Waals surface area contributed by atoms with E-state index in [1.807, 2.05) is 50.2 Å². The summed E-state index contributed by atoms with van der Waals surface area (Å²) in [4.78, 5) is 2.02. The van der Waals surface area contributed by atoms with Crippen LogP contribution in [0.1, 0.15) is 16.8 Å². The van der Waals surface area contributed by atoms with Gasteiger partial charge in [0.25, 0.3) is 0 Å². The first-order chi connectivity index (χ1) is 9.41. The van der Waals surface area contributed by atoms with Crippen LogP contribution in [-0.2, 0) is 13.6 Å². The van der Waals surface area contributed by atoms with E-state index >= 15 is 0 Å². The lowest BCUT2D eigenvalue weighted by Crippen LogP contribution is -2.22. The average Bonchev–Trinajstić information content (AvgIpc) is 2.65.